The van der Waals surface area contributed by atoms with Crippen molar-refractivity contribution in [1.82, 2.24) is 0 Å². The summed E-state index contributed by atoms with van der Waals surface area (Å²) >= 11 is 0. The Labute approximate surface area is 123 Å². The number of hydrogen-bond acceptors (Lipinski definition) is 5. The van der Waals surface area contributed by atoms with Crippen LogP contribution in [0.3, 0.4) is 0 Å². The van der Waals surface area contributed by atoms with Gasteiger partial charge in [0.05, 0.1) is 16.6 Å². The van der Waals surface area contributed by atoms with Gasteiger partial charge in [-0.05, 0) is 31.2 Å². The van der Waals surface area contributed by atoms with Crippen LogP contribution < -0.4 is 5.32 Å². The molecule has 3 N–H and O–H groups in total. The largest absolute Gasteiger partial charge is 0.508 e. The SMILES string of the molecule is CC(Nc1ccccc1S(C)(=O)=O)c1ccc(O)cc1O. The van der Waals surface area contributed by atoms with Crippen LogP contribution in [-0.4, -0.2) is 24.9 Å². The lowest BCUT2D eigenvalue weighted by molar-refractivity contribution is 0.444. The molecular weight excluding hydrogens is 290 g/mol. The molecule has 21 heavy (non-hydrogen) atoms. The molecule has 0 fully saturated rings. The molecule has 1 unspecified atom stereocenters. The topological polar surface area (TPSA) is 86.6 Å². The molecule has 0 bridgehead atoms. The van der Waals surface area contributed by atoms with Crippen molar-refractivity contribution in [2.45, 2.75) is 17.9 Å². The summed E-state index contributed by atoms with van der Waals surface area (Å²) in [5.74, 6) is -0.0770. The molecule has 0 heterocycles. The first-order valence-electron chi connectivity index (χ1n) is 6.36. The summed E-state index contributed by atoms with van der Waals surface area (Å²) in [5.41, 5.74) is 1.04. The normalized spacial score (nSPS) is 12.9. The lowest BCUT2D eigenvalue weighted by Crippen LogP contribution is -2.10. The zero-order valence-electron chi connectivity index (χ0n) is 11.7. The predicted octanol–water partition coefficient (Wildman–Crippen LogP) is 2.67. The molecule has 112 valence electrons. The Kier molecular flexibility index (Phi) is 4.09. The number of anilines is 1. The molecule has 5 nitrogen and oxygen atoms in total. The fourth-order valence-electron chi connectivity index (χ4n) is 2.12. The smallest absolute Gasteiger partial charge is 0.177 e. The minimum atomic E-state index is -3.34. The zero-order valence-corrected chi connectivity index (χ0v) is 12.6. The van der Waals surface area contributed by atoms with Gasteiger partial charge in [-0.25, -0.2) is 8.42 Å². The van der Waals surface area contributed by atoms with E-state index in [2.05, 4.69) is 5.32 Å². The molecule has 0 saturated heterocycles. The number of phenols is 2. The maximum Gasteiger partial charge on any atom is 0.177 e. The van der Waals surface area contributed by atoms with Crippen LogP contribution in [0.25, 0.3) is 0 Å². The standard InChI is InChI=1S/C15H17NO4S/c1-10(12-8-7-11(17)9-14(12)18)16-13-5-3-4-6-15(13)21(2,19)20/h3-10,16-18H,1-2H3. The average molecular weight is 307 g/mol. The summed E-state index contributed by atoms with van der Waals surface area (Å²) in [4.78, 5) is 0.204. The molecule has 2 aromatic carbocycles. The van der Waals surface area contributed by atoms with E-state index in [0.717, 1.165) is 6.26 Å². The van der Waals surface area contributed by atoms with Crippen molar-refractivity contribution in [3.63, 3.8) is 0 Å². The Hall–Kier alpha value is -2.21. The second-order valence-corrected chi connectivity index (χ2v) is 6.86. The third-order valence-corrected chi connectivity index (χ3v) is 4.29. The van der Waals surface area contributed by atoms with Crippen molar-refractivity contribution in [2.24, 2.45) is 0 Å². The van der Waals surface area contributed by atoms with Gasteiger partial charge < -0.3 is 15.5 Å². The number of para-hydroxylation sites is 1. The van der Waals surface area contributed by atoms with Gasteiger partial charge in [0, 0.05) is 17.9 Å². The Bertz CT molecular complexity index is 756. The monoisotopic (exact) mass is 307 g/mol. The minimum Gasteiger partial charge on any atom is -0.508 e. The predicted molar refractivity (Wildman–Crippen MR) is 81.4 cm³/mol. The van der Waals surface area contributed by atoms with Gasteiger partial charge in [-0.2, -0.15) is 0 Å². The summed E-state index contributed by atoms with van der Waals surface area (Å²) < 4.78 is 23.5. The van der Waals surface area contributed by atoms with E-state index in [-0.39, 0.29) is 22.4 Å². The van der Waals surface area contributed by atoms with E-state index in [9.17, 15) is 18.6 Å². The Morgan fingerprint density at radius 1 is 1.10 bits per heavy atom. The van der Waals surface area contributed by atoms with Crippen molar-refractivity contribution >= 4 is 15.5 Å². The molecule has 0 saturated carbocycles. The highest BCUT2D eigenvalue weighted by Gasteiger charge is 2.16. The molecule has 0 amide bonds. The fourth-order valence-corrected chi connectivity index (χ4v) is 2.97. The first kappa shape index (κ1) is 15.2. The summed E-state index contributed by atoms with van der Waals surface area (Å²) in [7, 11) is -3.34. The van der Waals surface area contributed by atoms with Crippen LogP contribution in [0.4, 0.5) is 5.69 Å². The fraction of sp³-hybridized carbons (Fsp3) is 0.200. The lowest BCUT2D eigenvalue weighted by atomic mass is 10.1. The van der Waals surface area contributed by atoms with Crippen LogP contribution in [0.2, 0.25) is 0 Å². The highest BCUT2D eigenvalue weighted by Crippen LogP contribution is 2.31. The molecule has 0 spiro atoms. The molecule has 0 radical (unpaired) electrons. The van der Waals surface area contributed by atoms with Gasteiger partial charge in [-0.3, -0.25) is 0 Å². The van der Waals surface area contributed by atoms with Crippen LogP contribution in [0, 0.1) is 0 Å². The summed E-state index contributed by atoms with van der Waals surface area (Å²) in [6.45, 7) is 1.80. The molecule has 0 aromatic heterocycles. The number of hydrogen-bond donors (Lipinski definition) is 3. The molecule has 2 rings (SSSR count). The van der Waals surface area contributed by atoms with E-state index in [4.69, 9.17) is 0 Å². The Morgan fingerprint density at radius 2 is 1.76 bits per heavy atom. The molecule has 0 aliphatic rings. The third kappa shape index (κ3) is 3.46. The van der Waals surface area contributed by atoms with Gasteiger partial charge in [0.2, 0.25) is 0 Å². The number of rotatable bonds is 4. The number of aromatic hydroxyl groups is 2. The Balaban J connectivity index is 2.34. The van der Waals surface area contributed by atoms with Gasteiger partial charge in [0.15, 0.2) is 9.84 Å². The lowest BCUT2D eigenvalue weighted by Gasteiger charge is -2.19. The van der Waals surface area contributed by atoms with E-state index in [1.54, 1.807) is 31.2 Å². The van der Waals surface area contributed by atoms with Crippen molar-refractivity contribution in [2.75, 3.05) is 11.6 Å². The summed E-state index contributed by atoms with van der Waals surface area (Å²) in [5, 5.41) is 22.2. The highest BCUT2D eigenvalue weighted by molar-refractivity contribution is 7.90. The van der Waals surface area contributed by atoms with Gasteiger partial charge in [0.25, 0.3) is 0 Å². The van der Waals surface area contributed by atoms with Crippen LogP contribution >= 0.6 is 0 Å². The zero-order chi connectivity index (χ0) is 15.6. The molecular formula is C15H17NO4S. The highest BCUT2D eigenvalue weighted by atomic mass is 32.2. The Morgan fingerprint density at radius 3 is 2.38 bits per heavy atom. The van der Waals surface area contributed by atoms with E-state index in [1.165, 1.54) is 18.2 Å². The second kappa shape index (κ2) is 5.65. The first-order chi connectivity index (χ1) is 9.79. The van der Waals surface area contributed by atoms with Gasteiger partial charge in [0.1, 0.15) is 11.5 Å². The number of phenolic OH excluding ortho intramolecular Hbond substituents is 2. The first-order valence-corrected chi connectivity index (χ1v) is 8.25. The number of sulfone groups is 1. The van der Waals surface area contributed by atoms with E-state index < -0.39 is 9.84 Å². The second-order valence-electron chi connectivity index (χ2n) is 4.88. The van der Waals surface area contributed by atoms with Gasteiger partial charge >= 0.3 is 0 Å². The van der Waals surface area contributed by atoms with E-state index in [0.29, 0.717) is 11.3 Å². The molecule has 6 heteroatoms. The van der Waals surface area contributed by atoms with E-state index >= 15 is 0 Å². The average Bonchev–Trinajstić information content (AvgIpc) is 2.37. The quantitative estimate of drug-likeness (QED) is 0.808. The van der Waals surface area contributed by atoms with Crippen LogP contribution in [0.1, 0.15) is 18.5 Å². The minimum absolute atomic E-state index is 0.0278. The molecule has 0 aliphatic carbocycles. The van der Waals surface area contributed by atoms with Crippen LogP contribution in [-0.2, 0) is 9.84 Å². The third-order valence-electron chi connectivity index (χ3n) is 3.14. The maximum absolute atomic E-state index is 11.8. The van der Waals surface area contributed by atoms with Crippen molar-refractivity contribution in [3.05, 3.63) is 48.0 Å². The van der Waals surface area contributed by atoms with Gasteiger partial charge in [-0.15, -0.1) is 0 Å². The van der Waals surface area contributed by atoms with Gasteiger partial charge in [-0.1, -0.05) is 12.1 Å². The summed E-state index contributed by atoms with van der Waals surface area (Å²) in [6.07, 6.45) is 1.15. The number of benzene rings is 2. The van der Waals surface area contributed by atoms with Crippen molar-refractivity contribution in [1.29, 1.82) is 0 Å². The van der Waals surface area contributed by atoms with Crippen LogP contribution in [0.5, 0.6) is 11.5 Å². The molecule has 1 atom stereocenters. The molecule has 0 aliphatic heterocycles. The van der Waals surface area contributed by atoms with Crippen molar-refractivity contribution in [3.8, 4) is 11.5 Å². The molecule has 2 aromatic rings. The van der Waals surface area contributed by atoms with Crippen molar-refractivity contribution < 1.29 is 18.6 Å². The van der Waals surface area contributed by atoms with Crippen LogP contribution in [0.15, 0.2) is 47.4 Å². The number of nitrogens with one attached hydrogen (secondary N) is 1. The maximum atomic E-state index is 11.8. The summed E-state index contributed by atoms with van der Waals surface area (Å²) in [6, 6.07) is 10.6. The van der Waals surface area contributed by atoms with E-state index in [1.807, 2.05) is 0 Å².